The predicted molar refractivity (Wildman–Crippen MR) is 88.8 cm³/mol. The van der Waals surface area contributed by atoms with Gasteiger partial charge in [-0.05, 0) is 45.7 Å². The van der Waals surface area contributed by atoms with Crippen molar-refractivity contribution in [2.45, 2.75) is 51.7 Å². The van der Waals surface area contributed by atoms with Crippen molar-refractivity contribution >= 4 is 23.4 Å². The Hall–Kier alpha value is -1.42. The number of anilines is 1. The summed E-state index contributed by atoms with van der Waals surface area (Å²) in [6, 6.07) is 4.34. The van der Waals surface area contributed by atoms with Gasteiger partial charge in [0.05, 0.1) is 0 Å². The maximum atomic E-state index is 12.3. The average Bonchev–Trinajstić information content (AvgIpc) is 2.80. The van der Waals surface area contributed by atoms with Crippen molar-refractivity contribution in [3.63, 3.8) is 0 Å². The van der Waals surface area contributed by atoms with Crippen molar-refractivity contribution in [2.75, 3.05) is 18.4 Å². The highest BCUT2D eigenvalue weighted by Crippen LogP contribution is 2.45. The number of piperidine rings is 1. The number of nitrogens with one attached hydrogen (secondary N) is 1. The minimum Gasteiger partial charge on any atom is -0.444 e. The van der Waals surface area contributed by atoms with Gasteiger partial charge >= 0.3 is 6.09 Å². The van der Waals surface area contributed by atoms with Gasteiger partial charge in [-0.1, -0.05) is 17.7 Å². The Labute approximate surface area is 136 Å². The van der Waals surface area contributed by atoms with E-state index in [4.69, 9.17) is 16.3 Å². The number of likely N-dealkylation sites (tertiary alicyclic amines) is 1. The first-order chi connectivity index (χ1) is 10.3. The Morgan fingerprint density at radius 3 is 2.82 bits per heavy atom. The fraction of sp³-hybridized carbons (Fsp3) is 0.588. The molecule has 0 saturated carbocycles. The normalized spacial score (nSPS) is 23.6. The summed E-state index contributed by atoms with van der Waals surface area (Å²) in [5, 5.41) is 4.37. The first-order valence-electron chi connectivity index (χ1n) is 7.80. The SMILES string of the molecule is Cc1ccc(Cl)c2c1N[C@H]1CCN(C(=O)OC(C)(C)C)C[C@@H]21. The summed E-state index contributed by atoms with van der Waals surface area (Å²) in [6.45, 7) is 9.14. The molecule has 120 valence electrons. The summed E-state index contributed by atoms with van der Waals surface area (Å²) in [5.74, 6) is 0.240. The molecule has 1 aromatic carbocycles. The third-order valence-corrected chi connectivity index (χ3v) is 4.70. The van der Waals surface area contributed by atoms with Crippen LogP contribution in [-0.4, -0.2) is 35.7 Å². The molecule has 1 amide bonds. The van der Waals surface area contributed by atoms with E-state index in [9.17, 15) is 4.79 Å². The van der Waals surface area contributed by atoms with Crippen molar-refractivity contribution in [1.29, 1.82) is 0 Å². The van der Waals surface area contributed by atoms with Gasteiger partial charge < -0.3 is 15.0 Å². The quantitative estimate of drug-likeness (QED) is 0.779. The third-order valence-electron chi connectivity index (χ3n) is 4.37. The van der Waals surface area contributed by atoms with E-state index < -0.39 is 5.60 Å². The molecule has 0 spiro atoms. The van der Waals surface area contributed by atoms with E-state index in [0.717, 1.165) is 22.7 Å². The van der Waals surface area contributed by atoms with Crippen LogP contribution in [-0.2, 0) is 4.74 Å². The second-order valence-corrected chi connectivity index (χ2v) is 7.63. The highest BCUT2D eigenvalue weighted by molar-refractivity contribution is 6.32. The van der Waals surface area contributed by atoms with E-state index in [1.165, 1.54) is 5.56 Å². The number of aryl methyl sites for hydroxylation is 1. The number of hydrogen-bond acceptors (Lipinski definition) is 3. The van der Waals surface area contributed by atoms with Gasteiger partial charge in [-0.25, -0.2) is 4.79 Å². The molecule has 5 heteroatoms. The highest BCUT2D eigenvalue weighted by Gasteiger charge is 2.40. The highest BCUT2D eigenvalue weighted by atomic mass is 35.5. The van der Waals surface area contributed by atoms with Gasteiger partial charge in [-0.3, -0.25) is 0 Å². The average molecular weight is 323 g/mol. The molecule has 0 radical (unpaired) electrons. The zero-order valence-corrected chi connectivity index (χ0v) is 14.3. The van der Waals surface area contributed by atoms with Crippen LogP contribution < -0.4 is 5.32 Å². The van der Waals surface area contributed by atoms with E-state index in [2.05, 4.69) is 12.2 Å². The number of carbonyl (C=O) groups is 1. The molecular weight excluding hydrogens is 300 g/mol. The minimum absolute atomic E-state index is 0.233. The first-order valence-corrected chi connectivity index (χ1v) is 8.17. The second kappa shape index (κ2) is 5.34. The lowest BCUT2D eigenvalue weighted by Crippen LogP contribution is -2.46. The van der Waals surface area contributed by atoms with E-state index in [1.54, 1.807) is 0 Å². The molecule has 2 heterocycles. The molecule has 1 saturated heterocycles. The van der Waals surface area contributed by atoms with Crippen molar-refractivity contribution in [3.8, 4) is 0 Å². The minimum atomic E-state index is -0.464. The summed E-state index contributed by atoms with van der Waals surface area (Å²) >= 11 is 6.42. The van der Waals surface area contributed by atoms with E-state index in [-0.39, 0.29) is 12.0 Å². The summed E-state index contributed by atoms with van der Waals surface area (Å²) in [4.78, 5) is 14.1. The fourth-order valence-electron chi connectivity index (χ4n) is 3.35. The molecule has 22 heavy (non-hydrogen) atoms. The monoisotopic (exact) mass is 322 g/mol. The van der Waals surface area contributed by atoms with E-state index in [0.29, 0.717) is 19.1 Å². The maximum absolute atomic E-state index is 12.3. The predicted octanol–water partition coefficient (Wildman–Crippen LogP) is 4.17. The molecule has 1 aromatic rings. The van der Waals surface area contributed by atoms with Gasteiger partial charge in [-0.15, -0.1) is 0 Å². The molecular formula is C17H23ClN2O2. The number of carbonyl (C=O) groups excluding carboxylic acids is 1. The standard InChI is InChI=1S/C17H23ClN2O2/c1-10-5-6-12(18)14-11-9-20(16(21)22-17(2,3)4)8-7-13(11)19-15(10)14/h5-6,11,13,19H,7-9H2,1-4H3/t11-,13+/m1/s1. The van der Waals surface area contributed by atoms with Crippen molar-refractivity contribution in [3.05, 3.63) is 28.3 Å². The van der Waals surface area contributed by atoms with Gasteiger partial charge in [0.25, 0.3) is 0 Å². The van der Waals surface area contributed by atoms with Crippen molar-refractivity contribution in [2.24, 2.45) is 0 Å². The van der Waals surface area contributed by atoms with Crippen LogP contribution in [0.4, 0.5) is 10.5 Å². The van der Waals surface area contributed by atoms with Gasteiger partial charge in [0.1, 0.15) is 5.60 Å². The van der Waals surface area contributed by atoms with Crippen LogP contribution >= 0.6 is 11.6 Å². The number of halogens is 1. The Morgan fingerprint density at radius 1 is 1.41 bits per heavy atom. The smallest absolute Gasteiger partial charge is 0.410 e. The Morgan fingerprint density at radius 2 is 2.14 bits per heavy atom. The van der Waals surface area contributed by atoms with Crippen molar-refractivity contribution < 1.29 is 9.53 Å². The Balaban J connectivity index is 1.82. The van der Waals surface area contributed by atoms with Crippen LogP contribution in [0.25, 0.3) is 0 Å². The largest absolute Gasteiger partial charge is 0.444 e. The summed E-state index contributed by atoms with van der Waals surface area (Å²) < 4.78 is 5.50. The zero-order chi connectivity index (χ0) is 16.1. The van der Waals surface area contributed by atoms with Crippen LogP contribution in [0.1, 0.15) is 44.2 Å². The molecule has 3 rings (SSSR count). The number of amides is 1. The number of nitrogens with zero attached hydrogens (tertiary/aromatic N) is 1. The number of hydrogen-bond donors (Lipinski definition) is 1. The summed E-state index contributed by atoms with van der Waals surface area (Å²) in [5.41, 5.74) is 3.04. The molecule has 0 unspecified atom stereocenters. The lowest BCUT2D eigenvalue weighted by molar-refractivity contribution is 0.0195. The fourth-order valence-corrected chi connectivity index (χ4v) is 3.65. The van der Waals surface area contributed by atoms with Crippen LogP contribution in [0, 0.1) is 6.92 Å². The van der Waals surface area contributed by atoms with Crippen LogP contribution in [0.3, 0.4) is 0 Å². The zero-order valence-electron chi connectivity index (χ0n) is 13.6. The molecule has 0 bridgehead atoms. The number of benzene rings is 1. The van der Waals surface area contributed by atoms with E-state index >= 15 is 0 Å². The third kappa shape index (κ3) is 2.76. The molecule has 2 atom stereocenters. The molecule has 0 aliphatic carbocycles. The van der Waals surface area contributed by atoms with Gasteiger partial charge in [0.2, 0.25) is 0 Å². The molecule has 4 nitrogen and oxygen atoms in total. The molecule has 2 aliphatic rings. The summed E-state index contributed by atoms with van der Waals surface area (Å²) in [7, 11) is 0. The number of fused-ring (bicyclic) bond motifs is 3. The van der Waals surface area contributed by atoms with Gasteiger partial charge in [0.15, 0.2) is 0 Å². The summed E-state index contributed by atoms with van der Waals surface area (Å²) in [6.07, 6.45) is 0.678. The lowest BCUT2D eigenvalue weighted by Gasteiger charge is -2.36. The van der Waals surface area contributed by atoms with Gasteiger partial charge in [-0.2, -0.15) is 0 Å². The van der Waals surface area contributed by atoms with Crippen molar-refractivity contribution in [1.82, 2.24) is 4.90 Å². The van der Waals surface area contributed by atoms with E-state index in [1.807, 2.05) is 37.8 Å². The Bertz CT molecular complexity index is 609. The molecule has 2 aliphatic heterocycles. The molecule has 0 aromatic heterocycles. The Kier molecular flexibility index (Phi) is 3.76. The molecule has 1 fully saturated rings. The van der Waals surface area contributed by atoms with Crippen LogP contribution in [0.2, 0.25) is 5.02 Å². The van der Waals surface area contributed by atoms with Crippen LogP contribution in [0.5, 0.6) is 0 Å². The second-order valence-electron chi connectivity index (χ2n) is 7.23. The number of ether oxygens (including phenoxy) is 1. The topological polar surface area (TPSA) is 41.6 Å². The van der Waals surface area contributed by atoms with Crippen LogP contribution in [0.15, 0.2) is 12.1 Å². The van der Waals surface area contributed by atoms with Gasteiger partial charge in [0, 0.05) is 41.3 Å². The lowest BCUT2D eigenvalue weighted by atomic mass is 9.89. The molecule has 1 N–H and O–H groups in total. The number of rotatable bonds is 0. The maximum Gasteiger partial charge on any atom is 0.410 e. The first kappa shape index (κ1) is 15.5.